The maximum absolute atomic E-state index is 13.9. The number of rotatable bonds is 7. The van der Waals surface area contributed by atoms with Gasteiger partial charge in [-0.3, -0.25) is 4.90 Å². The molecule has 2 nitrogen and oxygen atoms in total. The minimum absolute atomic E-state index is 0.0503. The Hall–Kier alpha value is -0.930. The summed E-state index contributed by atoms with van der Waals surface area (Å²) in [6, 6.07) is 7.11. The summed E-state index contributed by atoms with van der Waals surface area (Å²) in [5.41, 5.74) is 6.64. The van der Waals surface area contributed by atoms with Crippen LogP contribution in [0, 0.1) is 11.2 Å². The van der Waals surface area contributed by atoms with Crippen molar-refractivity contribution >= 4 is 0 Å². The highest BCUT2D eigenvalue weighted by Gasteiger charge is 2.25. The van der Waals surface area contributed by atoms with Gasteiger partial charge in [0.25, 0.3) is 0 Å². The smallest absolute Gasteiger partial charge is 0.127 e. The monoisotopic (exact) mass is 266 g/mol. The van der Waals surface area contributed by atoms with Crippen LogP contribution in [0.2, 0.25) is 0 Å². The molecule has 0 fully saturated rings. The third-order valence-electron chi connectivity index (χ3n) is 3.60. The molecule has 19 heavy (non-hydrogen) atoms. The van der Waals surface area contributed by atoms with Gasteiger partial charge >= 0.3 is 0 Å². The zero-order chi connectivity index (χ0) is 14.5. The van der Waals surface area contributed by atoms with Crippen molar-refractivity contribution in [2.75, 3.05) is 19.6 Å². The Kier molecular flexibility index (Phi) is 5.95. The van der Waals surface area contributed by atoms with Crippen LogP contribution in [-0.2, 0) is 0 Å². The van der Waals surface area contributed by atoms with Gasteiger partial charge in [-0.25, -0.2) is 4.39 Å². The first kappa shape index (κ1) is 16.1. The summed E-state index contributed by atoms with van der Waals surface area (Å²) in [7, 11) is 0. The van der Waals surface area contributed by atoms with Gasteiger partial charge < -0.3 is 5.73 Å². The molecule has 1 aromatic carbocycles. The van der Waals surface area contributed by atoms with E-state index in [9.17, 15) is 4.39 Å². The van der Waals surface area contributed by atoms with Crippen molar-refractivity contribution in [3.8, 4) is 0 Å². The summed E-state index contributed by atoms with van der Waals surface area (Å²) in [4.78, 5) is 2.32. The maximum atomic E-state index is 13.9. The Labute approximate surface area is 116 Å². The van der Waals surface area contributed by atoms with Gasteiger partial charge in [-0.2, -0.15) is 0 Å². The van der Waals surface area contributed by atoms with Crippen molar-refractivity contribution < 1.29 is 4.39 Å². The highest BCUT2D eigenvalue weighted by atomic mass is 19.1. The van der Waals surface area contributed by atoms with Gasteiger partial charge in [0.2, 0.25) is 0 Å². The van der Waals surface area contributed by atoms with Gasteiger partial charge in [-0.15, -0.1) is 0 Å². The van der Waals surface area contributed by atoms with Gasteiger partial charge in [-0.1, -0.05) is 39.0 Å². The van der Waals surface area contributed by atoms with Crippen LogP contribution in [0.5, 0.6) is 0 Å². The van der Waals surface area contributed by atoms with Crippen LogP contribution in [0.3, 0.4) is 0 Å². The van der Waals surface area contributed by atoms with Crippen molar-refractivity contribution in [1.29, 1.82) is 0 Å². The van der Waals surface area contributed by atoms with E-state index >= 15 is 0 Å². The van der Waals surface area contributed by atoms with E-state index in [1.54, 1.807) is 6.07 Å². The molecular formula is C16H27FN2. The molecule has 3 heteroatoms. The first-order chi connectivity index (χ1) is 8.91. The second-order valence-corrected chi connectivity index (χ2v) is 6.04. The number of nitrogens with two attached hydrogens (primary N) is 1. The summed E-state index contributed by atoms with van der Waals surface area (Å²) >= 11 is 0. The van der Waals surface area contributed by atoms with Gasteiger partial charge in [0, 0.05) is 18.2 Å². The third-order valence-corrected chi connectivity index (χ3v) is 3.60. The minimum atomic E-state index is -0.123. The van der Waals surface area contributed by atoms with Crippen molar-refractivity contribution in [2.45, 2.75) is 40.2 Å². The SMILES string of the molecule is CCCN(CC(C)(C)CN)C(C)c1ccccc1F. The summed E-state index contributed by atoms with van der Waals surface area (Å²) in [5, 5.41) is 0. The summed E-state index contributed by atoms with van der Waals surface area (Å²) in [6.45, 7) is 11.0. The first-order valence-electron chi connectivity index (χ1n) is 7.10. The van der Waals surface area contributed by atoms with Crippen LogP contribution >= 0.6 is 0 Å². The van der Waals surface area contributed by atoms with Crippen LogP contribution in [0.1, 0.15) is 45.7 Å². The van der Waals surface area contributed by atoms with Crippen molar-refractivity contribution in [1.82, 2.24) is 4.90 Å². The Balaban J connectivity index is 2.90. The molecule has 1 atom stereocenters. The predicted molar refractivity (Wildman–Crippen MR) is 79.5 cm³/mol. The summed E-state index contributed by atoms with van der Waals surface area (Å²) < 4.78 is 13.9. The molecule has 0 aliphatic carbocycles. The number of halogens is 1. The van der Waals surface area contributed by atoms with Crippen molar-refractivity contribution in [3.05, 3.63) is 35.6 Å². The molecule has 1 unspecified atom stereocenters. The molecule has 0 bridgehead atoms. The highest BCUT2D eigenvalue weighted by molar-refractivity contribution is 5.20. The van der Waals surface area contributed by atoms with Crippen LogP contribution in [0.4, 0.5) is 4.39 Å². The maximum Gasteiger partial charge on any atom is 0.127 e. The second-order valence-electron chi connectivity index (χ2n) is 6.04. The van der Waals surface area contributed by atoms with E-state index in [1.807, 2.05) is 12.1 Å². The molecule has 2 N–H and O–H groups in total. The Morgan fingerprint density at radius 3 is 2.47 bits per heavy atom. The van der Waals surface area contributed by atoms with E-state index in [1.165, 1.54) is 6.07 Å². The molecule has 108 valence electrons. The Morgan fingerprint density at radius 2 is 1.95 bits per heavy atom. The molecule has 0 radical (unpaired) electrons. The van der Waals surface area contributed by atoms with E-state index in [2.05, 4.69) is 32.6 Å². The molecule has 1 aromatic rings. The molecule has 0 saturated heterocycles. The van der Waals surface area contributed by atoms with Crippen LogP contribution < -0.4 is 5.73 Å². The van der Waals surface area contributed by atoms with E-state index in [0.29, 0.717) is 6.54 Å². The fraction of sp³-hybridized carbons (Fsp3) is 0.625. The lowest BCUT2D eigenvalue weighted by Crippen LogP contribution is -2.40. The number of nitrogens with zero attached hydrogens (tertiary/aromatic N) is 1. The average Bonchev–Trinajstić information content (AvgIpc) is 2.38. The summed E-state index contributed by atoms with van der Waals surface area (Å²) in [5.74, 6) is -0.123. The van der Waals surface area contributed by atoms with Gasteiger partial charge in [0.05, 0.1) is 0 Å². The highest BCUT2D eigenvalue weighted by Crippen LogP contribution is 2.26. The number of hydrogen-bond acceptors (Lipinski definition) is 2. The van der Waals surface area contributed by atoms with E-state index in [-0.39, 0.29) is 17.3 Å². The fourth-order valence-electron chi connectivity index (χ4n) is 2.32. The Morgan fingerprint density at radius 1 is 1.32 bits per heavy atom. The molecule has 0 heterocycles. The topological polar surface area (TPSA) is 29.3 Å². The average molecular weight is 266 g/mol. The predicted octanol–water partition coefficient (Wildman–Crippen LogP) is 3.58. The standard InChI is InChI=1S/C16H27FN2/c1-5-10-19(12-16(3,4)11-18)13(2)14-8-6-7-9-15(14)17/h6-9,13H,5,10-12,18H2,1-4H3. The summed E-state index contributed by atoms with van der Waals surface area (Å²) in [6.07, 6.45) is 1.06. The van der Waals surface area contributed by atoms with Crippen molar-refractivity contribution in [3.63, 3.8) is 0 Å². The molecule has 1 rings (SSSR count). The third kappa shape index (κ3) is 4.59. The van der Waals surface area contributed by atoms with Crippen LogP contribution in [-0.4, -0.2) is 24.5 Å². The van der Waals surface area contributed by atoms with Gasteiger partial charge in [-0.05, 0) is 37.9 Å². The molecule has 0 aliphatic rings. The zero-order valence-corrected chi connectivity index (χ0v) is 12.6. The normalized spacial score (nSPS) is 13.8. The van der Waals surface area contributed by atoms with Crippen molar-refractivity contribution in [2.24, 2.45) is 11.1 Å². The van der Waals surface area contributed by atoms with Gasteiger partial charge in [0.1, 0.15) is 5.82 Å². The molecule has 0 amide bonds. The molecular weight excluding hydrogens is 239 g/mol. The number of hydrogen-bond donors (Lipinski definition) is 1. The van der Waals surface area contributed by atoms with E-state index in [0.717, 1.165) is 25.1 Å². The second kappa shape index (κ2) is 7.01. The lowest BCUT2D eigenvalue weighted by Gasteiger charge is -2.36. The zero-order valence-electron chi connectivity index (χ0n) is 12.6. The Bertz CT molecular complexity index is 390. The van der Waals surface area contributed by atoms with E-state index in [4.69, 9.17) is 5.73 Å². The molecule has 0 aliphatic heterocycles. The molecule has 0 aromatic heterocycles. The molecule has 0 saturated carbocycles. The van der Waals surface area contributed by atoms with Crippen LogP contribution in [0.25, 0.3) is 0 Å². The lowest BCUT2D eigenvalue weighted by molar-refractivity contribution is 0.138. The fourth-order valence-corrected chi connectivity index (χ4v) is 2.32. The lowest BCUT2D eigenvalue weighted by atomic mass is 9.91. The largest absolute Gasteiger partial charge is 0.330 e. The first-order valence-corrected chi connectivity index (χ1v) is 7.10. The number of benzene rings is 1. The minimum Gasteiger partial charge on any atom is -0.330 e. The molecule has 0 spiro atoms. The van der Waals surface area contributed by atoms with Crippen LogP contribution in [0.15, 0.2) is 24.3 Å². The van der Waals surface area contributed by atoms with E-state index < -0.39 is 0 Å². The van der Waals surface area contributed by atoms with Gasteiger partial charge in [0.15, 0.2) is 0 Å². The quantitative estimate of drug-likeness (QED) is 0.817.